The first-order valence-corrected chi connectivity index (χ1v) is 7.67. The fourth-order valence-corrected chi connectivity index (χ4v) is 2.60. The van der Waals surface area contributed by atoms with E-state index in [9.17, 15) is 9.59 Å². The summed E-state index contributed by atoms with van der Waals surface area (Å²) in [6.07, 6.45) is 1.47. The van der Waals surface area contributed by atoms with Crippen LogP contribution in [0.15, 0.2) is 48.5 Å². The zero-order chi connectivity index (χ0) is 16.2. The molecule has 5 heteroatoms. The Kier molecular flexibility index (Phi) is 4.28. The van der Waals surface area contributed by atoms with Crippen molar-refractivity contribution in [2.24, 2.45) is 0 Å². The van der Waals surface area contributed by atoms with Gasteiger partial charge < -0.3 is 15.5 Å². The molecule has 1 aliphatic rings. The number of hydrogen-bond acceptors (Lipinski definition) is 2. The molecular weight excluding hydrogens is 290 g/mol. The molecule has 2 aromatic rings. The quantitative estimate of drug-likeness (QED) is 0.906. The molecule has 118 valence electrons. The average molecular weight is 309 g/mol. The first-order valence-electron chi connectivity index (χ1n) is 7.67. The van der Waals surface area contributed by atoms with Gasteiger partial charge in [0.05, 0.1) is 0 Å². The Labute approximate surface area is 135 Å². The minimum atomic E-state index is -0.307. The van der Waals surface area contributed by atoms with E-state index in [-0.39, 0.29) is 11.9 Å². The van der Waals surface area contributed by atoms with Gasteiger partial charge in [0.1, 0.15) is 0 Å². The van der Waals surface area contributed by atoms with Gasteiger partial charge in [0, 0.05) is 30.0 Å². The van der Waals surface area contributed by atoms with Crippen molar-refractivity contribution in [1.29, 1.82) is 0 Å². The second-order valence-electron chi connectivity index (χ2n) is 5.64. The lowest BCUT2D eigenvalue weighted by Crippen LogP contribution is -2.24. The van der Waals surface area contributed by atoms with Crippen LogP contribution in [0.2, 0.25) is 0 Å². The van der Waals surface area contributed by atoms with E-state index in [1.807, 2.05) is 49.4 Å². The molecule has 3 amide bonds. The van der Waals surface area contributed by atoms with Crippen molar-refractivity contribution in [3.63, 3.8) is 0 Å². The van der Waals surface area contributed by atoms with Crippen molar-refractivity contribution in [3.05, 3.63) is 54.1 Å². The van der Waals surface area contributed by atoms with Crippen LogP contribution in [0.5, 0.6) is 0 Å². The summed E-state index contributed by atoms with van der Waals surface area (Å²) in [5.41, 5.74) is 3.35. The van der Waals surface area contributed by atoms with Crippen molar-refractivity contribution in [1.82, 2.24) is 0 Å². The third-order valence-corrected chi connectivity index (χ3v) is 3.80. The maximum absolute atomic E-state index is 12.1. The van der Waals surface area contributed by atoms with Gasteiger partial charge in [-0.25, -0.2) is 4.79 Å². The first kappa shape index (κ1) is 15.1. The Morgan fingerprint density at radius 1 is 1.04 bits per heavy atom. The highest BCUT2D eigenvalue weighted by atomic mass is 16.2. The van der Waals surface area contributed by atoms with E-state index in [1.165, 1.54) is 0 Å². The number of urea groups is 1. The summed E-state index contributed by atoms with van der Waals surface area (Å²) in [5.74, 6) is 0.131. The van der Waals surface area contributed by atoms with Gasteiger partial charge in [-0.15, -0.1) is 0 Å². The Bertz CT molecular complexity index is 725. The number of carbonyl (C=O) groups is 2. The molecule has 0 bridgehead atoms. The standard InChI is InChI=1S/C18H19N3O2/c1-13-7-9-14(10-8-13)19-18(23)20-15-4-2-5-16(12-15)21-11-3-6-17(21)22/h2,4-5,7-10,12H,3,6,11H2,1H3,(H2,19,20,23). The lowest BCUT2D eigenvalue weighted by atomic mass is 10.2. The Hall–Kier alpha value is -2.82. The number of anilines is 3. The van der Waals surface area contributed by atoms with Crippen LogP contribution >= 0.6 is 0 Å². The van der Waals surface area contributed by atoms with Crippen LogP contribution in [0, 0.1) is 6.92 Å². The second kappa shape index (κ2) is 6.52. The maximum atomic E-state index is 12.1. The Morgan fingerprint density at radius 3 is 2.48 bits per heavy atom. The molecule has 0 spiro atoms. The predicted molar refractivity (Wildman–Crippen MR) is 91.8 cm³/mol. The van der Waals surface area contributed by atoms with Crippen LogP contribution in [0.3, 0.4) is 0 Å². The van der Waals surface area contributed by atoms with Crippen molar-refractivity contribution in [2.45, 2.75) is 19.8 Å². The first-order chi connectivity index (χ1) is 11.1. The monoisotopic (exact) mass is 309 g/mol. The molecule has 0 atom stereocenters. The van der Waals surface area contributed by atoms with Crippen LogP contribution in [0.1, 0.15) is 18.4 Å². The van der Waals surface area contributed by atoms with Gasteiger partial charge in [-0.1, -0.05) is 23.8 Å². The highest BCUT2D eigenvalue weighted by Gasteiger charge is 2.21. The number of rotatable bonds is 3. The molecule has 1 heterocycles. The topological polar surface area (TPSA) is 61.4 Å². The fraction of sp³-hybridized carbons (Fsp3) is 0.222. The zero-order valence-electron chi connectivity index (χ0n) is 13.0. The minimum absolute atomic E-state index is 0.131. The van der Waals surface area contributed by atoms with Crippen LogP contribution < -0.4 is 15.5 Å². The summed E-state index contributed by atoms with van der Waals surface area (Å²) in [6, 6.07) is 14.6. The zero-order valence-corrected chi connectivity index (χ0v) is 13.0. The third-order valence-electron chi connectivity index (χ3n) is 3.80. The van der Waals surface area contributed by atoms with Gasteiger partial charge in [0.25, 0.3) is 0 Å². The summed E-state index contributed by atoms with van der Waals surface area (Å²) in [4.78, 5) is 25.6. The van der Waals surface area contributed by atoms with E-state index in [0.29, 0.717) is 12.1 Å². The van der Waals surface area contributed by atoms with Crippen LogP contribution in [0.25, 0.3) is 0 Å². The molecule has 0 unspecified atom stereocenters. The SMILES string of the molecule is Cc1ccc(NC(=O)Nc2cccc(N3CCCC3=O)c2)cc1. The molecule has 0 saturated carbocycles. The van der Waals surface area contributed by atoms with E-state index in [0.717, 1.165) is 29.9 Å². The Morgan fingerprint density at radius 2 is 1.78 bits per heavy atom. The summed E-state index contributed by atoms with van der Waals surface area (Å²) in [5, 5.41) is 5.58. The summed E-state index contributed by atoms with van der Waals surface area (Å²) in [6.45, 7) is 2.73. The van der Waals surface area contributed by atoms with Crippen molar-refractivity contribution >= 4 is 29.0 Å². The molecular formula is C18H19N3O2. The molecule has 0 aliphatic carbocycles. The molecule has 2 N–H and O–H groups in total. The smallest absolute Gasteiger partial charge is 0.312 e. The molecule has 2 aromatic carbocycles. The molecule has 1 fully saturated rings. The molecule has 0 radical (unpaired) electrons. The summed E-state index contributed by atoms with van der Waals surface area (Å²) >= 11 is 0. The van der Waals surface area contributed by atoms with Gasteiger partial charge >= 0.3 is 6.03 Å². The normalized spacial score (nSPS) is 14.0. The predicted octanol–water partition coefficient (Wildman–Crippen LogP) is 3.77. The highest BCUT2D eigenvalue weighted by molar-refractivity contribution is 6.01. The second-order valence-corrected chi connectivity index (χ2v) is 5.64. The lowest BCUT2D eigenvalue weighted by Gasteiger charge is -2.17. The van der Waals surface area contributed by atoms with Crippen molar-refractivity contribution < 1.29 is 9.59 Å². The average Bonchev–Trinajstić information content (AvgIpc) is 2.96. The van der Waals surface area contributed by atoms with Crippen LogP contribution in [0.4, 0.5) is 21.9 Å². The van der Waals surface area contributed by atoms with E-state index in [1.54, 1.807) is 11.0 Å². The van der Waals surface area contributed by atoms with E-state index in [2.05, 4.69) is 10.6 Å². The van der Waals surface area contributed by atoms with Crippen molar-refractivity contribution in [3.8, 4) is 0 Å². The molecule has 1 saturated heterocycles. The molecule has 3 rings (SSSR count). The van der Waals surface area contributed by atoms with E-state index >= 15 is 0 Å². The van der Waals surface area contributed by atoms with Gasteiger partial charge in [0.15, 0.2) is 0 Å². The number of nitrogens with one attached hydrogen (secondary N) is 2. The van der Waals surface area contributed by atoms with Gasteiger partial charge in [-0.05, 0) is 43.7 Å². The maximum Gasteiger partial charge on any atom is 0.323 e. The largest absolute Gasteiger partial charge is 0.323 e. The molecule has 0 aromatic heterocycles. The van der Waals surface area contributed by atoms with Crippen LogP contribution in [-0.4, -0.2) is 18.5 Å². The number of benzene rings is 2. The lowest BCUT2D eigenvalue weighted by molar-refractivity contribution is -0.117. The highest BCUT2D eigenvalue weighted by Crippen LogP contribution is 2.24. The fourth-order valence-electron chi connectivity index (χ4n) is 2.60. The number of hydrogen-bond donors (Lipinski definition) is 2. The number of carbonyl (C=O) groups excluding carboxylic acids is 2. The van der Waals surface area contributed by atoms with E-state index < -0.39 is 0 Å². The van der Waals surface area contributed by atoms with Gasteiger partial charge in [-0.2, -0.15) is 0 Å². The minimum Gasteiger partial charge on any atom is -0.312 e. The molecule has 5 nitrogen and oxygen atoms in total. The van der Waals surface area contributed by atoms with Crippen LogP contribution in [-0.2, 0) is 4.79 Å². The van der Waals surface area contributed by atoms with E-state index in [4.69, 9.17) is 0 Å². The number of aryl methyl sites for hydroxylation is 1. The third kappa shape index (κ3) is 3.69. The molecule has 23 heavy (non-hydrogen) atoms. The number of nitrogens with zero attached hydrogens (tertiary/aromatic N) is 1. The van der Waals surface area contributed by atoms with Crippen molar-refractivity contribution in [2.75, 3.05) is 22.1 Å². The van der Waals surface area contributed by atoms with Gasteiger partial charge in [-0.3, -0.25) is 4.79 Å². The molecule has 1 aliphatic heterocycles. The summed E-state index contributed by atoms with van der Waals surface area (Å²) < 4.78 is 0. The Balaban J connectivity index is 1.66. The number of amides is 3. The van der Waals surface area contributed by atoms with Gasteiger partial charge in [0.2, 0.25) is 5.91 Å². The summed E-state index contributed by atoms with van der Waals surface area (Å²) in [7, 11) is 0.